The minimum absolute atomic E-state index is 0.0607. The molecular weight excluding hydrogens is 272 g/mol. The summed E-state index contributed by atoms with van der Waals surface area (Å²) in [7, 11) is 0. The fourth-order valence-corrected chi connectivity index (χ4v) is 2.45. The topological polar surface area (TPSA) is 55.1 Å². The molecule has 1 aromatic rings. The van der Waals surface area contributed by atoms with Crippen LogP contribution in [0, 0.1) is 0 Å². The molecule has 0 saturated heterocycles. The summed E-state index contributed by atoms with van der Waals surface area (Å²) in [5, 5.41) is 3.08. The van der Waals surface area contributed by atoms with Crippen molar-refractivity contribution in [1.29, 1.82) is 0 Å². The molecule has 0 fully saturated rings. The average molecular weight is 304 g/mol. The SMILES string of the molecule is CC(NC(=O)CCCCCCN)c1ccc(C(C)(C)C)cc1. The number of nitrogens with one attached hydrogen (secondary N) is 1. The number of benzene rings is 1. The molecule has 0 aliphatic rings. The summed E-state index contributed by atoms with van der Waals surface area (Å²) < 4.78 is 0. The Morgan fingerprint density at radius 3 is 2.23 bits per heavy atom. The Morgan fingerprint density at radius 1 is 1.09 bits per heavy atom. The lowest BCUT2D eigenvalue weighted by atomic mass is 9.86. The molecule has 1 aromatic carbocycles. The first-order chi connectivity index (χ1) is 10.3. The smallest absolute Gasteiger partial charge is 0.220 e. The Morgan fingerprint density at radius 2 is 1.68 bits per heavy atom. The van der Waals surface area contributed by atoms with Gasteiger partial charge in [-0.05, 0) is 42.9 Å². The molecule has 1 atom stereocenters. The zero-order valence-electron chi connectivity index (χ0n) is 14.6. The lowest BCUT2D eigenvalue weighted by Crippen LogP contribution is -2.26. The van der Waals surface area contributed by atoms with Crippen LogP contribution in [0.25, 0.3) is 0 Å². The van der Waals surface area contributed by atoms with Crippen LogP contribution in [0.4, 0.5) is 0 Å². The fourth-order valence-electron chi connectivity index (χ4n) is 2.45. The van der Waals surface area contributed by atoms with Crippen molar-refractivity contribution < 1.29 is 4.79 Å². The Labute approximate surface area is 135 Å². The quantitative estimate of drug-likeness (QED) is 0.711. The minimum atomic E-state index is 0.0607. The molecule has 1 rings (SSSR count). The molecule has 3 N–H and O–H groups in total. The molecular formula is C19H32N2O. The normalized spacial score (nSPS) is 13.0. The summed E-state index contributed by atoms with van der Waals surface area (Å²) in [5.41, 5.74) is 8.09. The molecule has 0 bridgehead atoms. The molecule has 0 aromatic heterocycles. The highest BCUT2D eigenvalue weighted by Crippen LogP contribution is 2.23. The van der Waals surface area contributed by atoms with Crippen molar-refractivity contribution in [3.8, 4) is 0 Å². The van der Waals surface area contributed by atoms with Gasteiger partial charge >= 0.3 is 0 Å². The van der Waals surface area contributed by atoms with Crippen molar-refractivity contribution in [3.63, 3.8) is 0 Å². The zero-order chi connectivity index (χ0) is 16.6. The van der Waals surface area contributed by atoms with Crippen LogP contribution in [0.15, 0.2) is 24.3 Å². The average Bonchev–Trinajstić information content (AvgIpc) is 2.46. The Bertz CT molecular complexity index is 445. The number of nitrogens with two attached hydrogens (primary N) is 1. The lowest BCUT2D eigenvalue weighted by molar-refractivity contribution is -0.121. The van der Waals surface area contributed by atoms with Gasteiger partial charge in [-0.3, -0.25) is 4.79 Å². The standard InChI is InChI=1S/C19H32N2O/c1-15(21-18(22)9-7-5-6-8-14-20)16-10-12-17(13-11-16)19(2,3)4/h10-13,15H,5-9,14,20H2,1-4H3,(H,21,22). The van der Waals surface area contributed by atoms with Crippen molar-refractivity contribution in [1.82, 2.24) is 5.32 Å². The van der Waals surface area contributed by atoms with Gasteiger partial charge in [0.05, 0.1) is 6.04 Å². The molecule has 1 unspecified atom stereocenters. The highest BCUT2D eigenvalue weighted by Gasteiger charge is 2.14. The van der Waals surface area contributed by atoms with Crippen LogP contribution in [0.3, 0.4) is 0 Å². The van der Waals surface area contributed by atoms with Crippen LogP contribution in [-0.4, -0.2) is 12.5 Å². The number of carbonyl (C=O) groups is 1. The van der Waals surface area contributed by atoms with Gasteiger partial charge in [0, 0.05) is 6.42 Å². The molecule has 0 spiro atoms. The van der Waals surface area contributed by atoms with Crippen molar-refractivity contribution in [3.05, 3.63) is 35.4 Å². The van der Waals surface area contributed by atoms with E-state index in [2.05, 4.69) is 50.4 Å². The maximum absolute atomic E-state index is 11.9. The largest absolute Gasteiger partial charge is 0.350 e. The number of unbranched alkanes of at least 4 members (excludes halogenated alkanes) is 3. The molecule has 0 aliphatic heterocycles. The molecule has 0 aliphatic carbocycles. The van der Waals surface area contributed by atoms with Gasteiger partial charge in [-0.25, -0.2) is 0 Å². The van der Waals surface area contributed by atoms with E-state index in [9.17, 15) is 4.79 Å². The van der Waals surface area contributed by atoms with E-state index in [1.807, 2.05) is 6.92 Å². The minimum Gasteiger partial charge on any atom is -0.350 e. The van der Waals surface area contributed by atoms with Crippen molar-refractivity contribution in [2.24, 2.45) is 5.73 Å². The summed E-state index contributed by atoms with van der Waals surface area (Å²) in [5.74, 6) is 0.139. The first-order valence-corrected chi connectivity index (χ1v) is 8.44. The molecule has 0 saturated carbocycles. The lowest BCUT2D eigenvalue weighted by Gasteiger charge is -2.20. The number of rotatable bonds is 8. The van der Waals surface area contributed by atoms with Gasteiger partial charge in [0.2, 0.25) is 5.91 Å². The maximum Gasteiger partial charge on any atom is 0.220 e. The third kappa shape index (κ3) is 6.61. The third-order valence-electron chi connectivity index (χ3n) is 4.01. The van der Waals surface area contributed by atoms with Crippen molar-refractivity contribution in [2.75, 3.05) is 6.54 Å². The summed E-state index contributed by atoms with van der Waals surface area (Å²) in [6.45, 7) is 9.40. The predicted molar refractivity (Wildman–Crippen MR) is 93.8 cm³/mol. The van der Waals surface area contributed by atoms with Gasteiger partial charge in [0.25, 0.3) is 0 Å². The van der Waals surface area contributed by atoms with E-state index < -0.39 is 0 Å². The van der Waals surface area contributed by atoms with Gasteiger partial charge in [0.15, 0.2) is 0 Å². The van der Waals surface area contributed by atoms with E-state index >= 15 is 0 Å². The van der Waals surface area contributed by atoms with E-state index in [4.69, 9.17) is 5.73 Å². The molecule has 22 heavy (non-hydrogen) atoms. The third-order valence-corrected chi connectivity index (χ3v) is 4.01. The number of amides is 1. The number of carbonyl (C=O) groups excluding carboxylic acids is 1. The highest BCUT2D eigenvalue weighted by molar-refractivity contribution is 5.76. The summed E-state index contributed by atoms with van der Waals surface area (Å²) in [4.78, 5) is 11.9. The van der Waals surface area contributed by atoms with E-state index in [0.717, 1.165) is 37.8 Å². The van der Waals surface area contributed by atoms with Gasteiger partial charge in [0.1, 0.15) is 0 Å². The molecule has 1 amide bonds. The van der Waals surface area contributed by atoms with Gasteiger partial charge in [-0.2, -0.15) is 0 Å². The zero-order valence-corrected chi connectivity index (χ0v) is 14.6. The van der Waals surface area contributed by atoms with Crippen LogP contribution < -0.4 is 11.1 Å². The van der Waals surface area contributed by atoms with Crippen LogP contribution in [-0.2, 0) is 10.2 Å². The predicted octanol–water partition coefficient (Wildman–Crippen LogP) is 4.07. The van der Waals surface area contributed by atoms with Gasteiger partial charge in [-0.15, -0.1) is 0 Å². The van der Waals surface area contributed by atoms with Crippen LogP contribution in [0.5, 0.6) is 0 Å². The maximum atomic E-state index is 11.9. The van der Waals surface area contributed by atoms with Crippen LogP contribution >= 0.6 is 0 Å². The first-order valence-electron chi connectivity index (χ1n) is 8.44. The fraction of sp³-hybridized carbons (Fsp3) is 0.632. The molecule has 0 radical (unpaired) electrons. The molecule has 3 heteroatoms. The van der Waals surface area contributed by atoms with Crippen molar-refractivity contribution in [2.45, 2.75) is 71.3 Å². The monoisotopic (exact) mass is 304 g/mol. The number of hydrogen-bond donors (Lipinski definition) is 2. The van der Waals surface area contributed by atoms with E-state index in [-0.39, 0.29) is 17.4 Å². The Balaban J connectivity index is 2.41. The van der Waals surface area contributed by atoms with Gasteiger partial charge in [-0.1, -0.05) is 57.9 Å². The van der Waals surface area contributed by atoms with Crippen LogP contribution in [0.1, 0.15) is 77.0 Å². The van der Waals surface area contributed by atoms with Crippen LogP contribution in [0.2, 0.25) is 0 Å². The first kappa shape index (κ1) is 18.7. The van der Waals surface area contributed by atoms with Crippen molar-refractivity contribution >= 4 is 5.91 Å². The summed E-state index contributed by atoms with van der Waals surface area (Å²) >= 11 is 0. The summed E-state index contributed by atoms with van der Waals surface area (Å²) in [6, 6.07) is 8.61. The van der Waals surface area contributed by atoms with E-state index in [1.165, 1.54) is 5.56 Å². The molecule has 0 heterocycles. The van der Waals surface area contributed by atoms with Gasteiger partial charge < -0.3 is 11.1 Å². The molecule has 3 nitrogen and oxygen atoms in total. The van der Waals surface area contributed by atoms with E-state index in [1.54, 1.807) is 0 Å². The second-order valence-corrected chi connectivity index (χ2v) is 7.11. The van der Waals surface area contributed by atoms with E-state index in [0.29, 0.717) is 6.42 Å². The molecule has 124 valence electrons. The summed E-state index contributed by atoms with van der Waals surface area (Å²) in [6.07, 6.45) is 4.81. The number of hydrogen-bond acceptors (Lipinski definition) is 2. The second-order valence-electron chi connectivity index (χ2n) is 7.11. The second kappa shape index (κ2) is 8.94. The Hall–Kier alpha value is -1.35. The Kier molecular flexibility index (Phi) is 7.60. The highest BCUT2D eigenvalue weighted by atomic mass is 16.1.